The van der Waals surface area contributed by atoms with E-state index in [0.717, 1.165) is 18.8 Å². The summed E-state index contributed by atoms with van der Waals surface area (Å²) < 4.78 is 9.75. The molecule has 0 aliphatic heterocycles. The van der Waals surface area contributed by atoms with E-state index in [9.17, 15) is 4.79 Å². The molecule has 0 radical (unpaired) electrons. The van der Waals surface area contributed by atoms with Gasteiger partial charge in [-0.25, -0.2) is 4.79 Å². The van der Waals surface area contributed by atoms with Crippen molar-refractivity contribution in [3.05, 3.63) is 12.7 Å². The molecule has 4 heteroatoms. The number of ether oxygens (including phenoxy) is 2. The molecule has 0 rings (SSSR count). The third kappa shape index (κ3) is 8.75. The molecular formula is C9H15O4+. The van der Waals surface area contributed by atoms with Crippen LogP contribution < -0.4 is 0 Å². The summed E-state index contributed by atoms with van der Waals surface area (Å²) in [6, 6.07) is 0. The third-order valence-electron chi connectivity index (χ3n) is 1.26. The Hall–Kier alpha value is -1.16. The van der Waals surface area contributed by atoms with Crippen LogP contribution in [0, 0.1) is 0 Å². The Morgan fingerprint density at radius 2 is 2.15 bits per heavy atom. The first-order valence-corrected chi connectivity index (χ1v) is 4.14. The summed E-state index contributed by atoms with van der Waals surface area (Å²) in [4.78, 5) is 18.8. The van der Waals surface area contributed by atoms with Crippen LogP contribution >= 0.6 is 0 Å². The topological polar surface area (TPSA) is 56.9 Å². The molecule has 0 unspecified atom stereocenters. The Kier molecular flexibility index (Phi) is 8.14. The molecule has 0 fully saturated rings. The van der Waals surface area contributed by atoms with Crippen LogP contribution in [0.1, 0.15) is 12.8 Å². The first-order valence-electron chi connectivity index (χ1n) is 4.14. The largest absolute Gasteiger partial charge is 0.460 e. The van der Waals surface area contributed by atoms with Crippen molar-refractivity contribution in [1.82, 2.24) is 0 Å². The van der Waals surface area contributed by atoms with Crippen LogP contribution in [0.5, 0.6) is 0 Å². The number of esters is 1. The lowest BCUT2D eigenvalue weighted by molar-refractivity contribution is -0.139. The average molecular weight is 187 g/mol. The zero-order valence-electron chi connectivity index (χ0n) is 7.57. The van der Waals surface area contributed by atoms with Crippen LogP contribution in [0.2, 0.25) is 0 Å². The molecule has 0 saturated heterocycles. The minimum absolute atomic E-state index is 0.244. The van der Waals surface area contributed by atoms with Gasteiger partial charge in [-0.05, 0) is 6.42 Å². The molecular weight excluding hydrogens is 172 g/mol. The van der Waals surface area contributed by atoms with E-state index in [4.69, 9.17) is 9.53 Å². The summed E-state index contributed by atoms with van der Waals surface area (Å²) in [6.45, 7) is 4.43. The maximum Gasteiger partial charge on any atom is 0.330 e. The van der Waals surface area contributed by atoms with Gasteiger partial charge in [-0.3, -0.25) is 4.79 Å². The zero-order chi connectivity index (χ0) is 9.94. The van der Waals surface area contributed by atoms with Gasteiger partial charge >= 0.3 is 5.97 Å². The fourth-order valence-electron chi connectivity index (χ4n) is 0.639. The Morgan fingerprint density at radius 3 is 2.77 bits per heavy atom. The number of hydrogen-bond donors (Lipinski definition) is 0. The number of carbonyl (C=O) groups is 1. The van der Waals surface area contributed by atoms with Crippen LogP contribution in [0.4, 0.5) is 0 Å². The van der Waals surface area contributed by atoms with Gasteiger partial charge in [-0.15, -0.1) is 0 Å². The van der Waals surface area contributed by atoms with E-state index in [1.807, 2.05) is 0 Å². The molecule has 4 nitrogen and oxygen atoms in total. The second kappa shape index (κ2) is 8.93. The summed E-state index contributed by atoms with van der Waals surface area (Å²) >= 11 is 0. The third-order valence-corrected chi connectivity index (χ3v) is 1.26. The highest BCUT2D eigenvalue weighted by Gasteiger charge is 1.94. The van der Waals surface area contributed by atoms with E-state index in [1.54, 1.807) is 0 Å². The van der Waals surface area contributed by atoms with Crippen LogP contribution in [-0.2, 0) is 14.3 Å². The Labute approximate surface area is 77.5 Å². The van der Waals surface area contributed by atoms with Crippen molar-refractivity contribution in [2.45, 2.75) is 12.8 Å². The highest BCUT2D eigenvalue weighted by Crippen LogP contribution is 1.87. The minimum atomic E-state index is -0.438. The number of carbonyl (C=O) groups excluding carboxylic acids is 2. The minimum Gasteiger partial charge on any atom is -0.460 e. The molecule has 1 N–H and O–H groups in total. The van der Waals surface area contributed by atoms with Crippen molar-refractivity contribution in [3.63, 3.8) is 0 Å². The summed E-state index contributed by atoms with van der Waals surface area (Å²) in [6.07, 6.45) is 3.60. The summed E-state index contributed by atoms with van der Waals surface area (Å²) in [5.74, 6) is -0.438. The maximum absolute atomic E-state index is 10.5. The van der Waals surface area contributed by atoms with Gasteiger partial charge in [-0.2, -0.15) is 0 Å². The van der Waals surface area contributed by atoms with Crippen molar-refractivity contribution in [3.8, 4) is 0 Å². The van der Waals surface area contributed by atoms with Gasteiger partial charge in [0.05, 0.1) is 13.0 Å². The summed E-state index contributed by atoms with van der Waals surface area (Å²) in [5, 5.41) is 0. The van der Waals surface area contributed by atoms with E-state index in [2.05, 4.69) is 11.3 Å². The molecule has 0 bridgehead atoms. The van der Waals surface area contributed by atoms with Gasteiger partial charge in [0.15, 0.2) is 0 Å². The van der Waals surface area contributed by atoms with Crippen molar-refractivity contribution < 1.29 is 19.1 Å². The predicted molar refractivity (Wildman–Crippen MR) is 49.2 cm³/mol. The highest BCUT2D eigenvalue weighted by molar-refractivity contribution is 5.81. The molecule has 13 heavy (non-hydrogen) atoms. The Bertz CT molecular complexity index is 165. The molecule has 0 aromatic rings. The number of hydrogen-bond acceptors (Lipinski definition) is 3. The first kappa shape index (κ1) is 11.8. The lowest BCUT2D eigenvalue weighted by atomic mass is 10.3. The van der Waals surface area contributed by atoms with Crippen molar-refractivity contribution in [2.75, 3.05) is 19.8 Å². The Morgan fingerprint density at radius 1 is 1.38 bits per heavy atom. The molecule has 0 heterocycles. The lowest BCUT2D eigenvalue weighted by Gasteiger charge is -2.02. The van der Waals surface area contributed by atoms with Gasteiger partial charge in [0.2, 0.25) is 0 Å². The van der Waals surface area contributed by atoms with Crippen LogP contribution in [0.3, 0.4) is 0 Å². The quantitative estimate of drug-likeness (QED) is 0.185. The molecule has 0 aliphatic rings. The second-order valence-corrected chi connectivity index (χ2v) is 2.31. The average Bonchev–Trinajstić information content (AvgIpc) is 2.16. The molecule has 0 saturated carbocycles. The SMILES string of the molecule is C=CC(=O)OCCOCCCC=[OH+]. The molecule has 0 atom stereocenters. The van der Waals surface area contributed by atoms with Gasteiger partial charge in [0, 0.05) is 12.7 Å². The fourth-order valence-corrected chi connectivity index (χ4v) is 0.639. The van der Waals surface area contributed by atoms with Crippen LogP contribution in [0.25, 0.3) is 0 Å². The lowest BCUT2D eigenvalue weighted by Crippen LogP contribution is -2.08. The van der Waals surface area contributed by atoms with Crippen LogP contribution in [-0.4, -0.2) is 36.9 Å². The molecule has 74 valence electrons. The van der Waals surface area contributed by atoms with Crippen LogP contribution in [0.15, 0.2) is 12.7 Å². The van der Waals surface area contributed by atoms with Gasteiger partial charge < -0.3 is 9.47 Å². The van der Waals surface area contributed by atoms with E-state index in [1.165, 1.54) is 0 Å². The number of unbranched alkanes of at least 4 members (excludes halogenated alkanes) is 1. The summed E-state index contributed by atoms with van der Waals surface area (Å²) in [7, 11) is 0. The fraction of sp³-hybridized carbons (Fsp3) is 0.556. The molecule has 0 aliphatic carbocycles. The second-order valence-electron chi connectivity index (χ2n) is 2.31. The van der Waals surface area contributed by atoms with E-state index < -0.39 is 5.97 Å². The summed E-state index contributed by atoms with van der Waals surface area (Å²) in [5.41, 5.74) is 0. The standard InChI is InChI=1S/C9H14O4/c1-2-9(11)13-8-7-12-6-4-3-5-10/h2,5H,1,3-4,6-8H2/p+1. The van der Waals surface area contributed by atoms with Crippen molar-refractivity contribution >= 4 is 12.3 Å². The highest BCUT2D eigenvalue weighted by atomic mass is 16.6. The molecule has 0 aromatic carbocycles. The first-order chi connectivity index (χ1) is 6.31. The Balaban J connectivity index is 3.03. The number of aldehydes is 1. The van der Waals surface area contributed by atoms with Crippen molar-refractivity contribution in [1.29, 1.82) is 0 Å². The van der Waals surface area contributed by atoms with Gasteiger partial charge in [0.1, 0.15) is 6.61 Å². The molecule has 0 spiro atoms. The van der Waals surface area contributed by atoms with Crippen molar-refractivity contribution in [2.24, 2.45) is 0 Å². The monoisotopic (exact) mass is 187 g/mol. The molecule has 0 aromatic heterocycles. The zero-order valence-corrected chi connectivity index (χ0v) is 7.57. The normalized spacial score (nSPS) is 9.23. The van der Waals surface area contributed by atoms with Gasteiger partial charge in [0.25, 0.3) is 6.29 Å². The predicted octanol–water partition coefficient (Wildman–Crippen LogP) is 0.687. The molecule has 0 amide bonds. The maximum atomic E-state index is 10.5. The van der Waals surface area contributed by atoms with E-state index >= 15 is 0 Å². The smallest absolute Gasteiger partial charge is 0.330 e. The van der Waals surface area contributed by atoms with Gasteiger partial charge in [-0.1, -0.05) is 6.58 Å². The van der Waals surface area contributed by atoms with E-state index in [-0.39, 0.29) is 6.61 Å². The number of rotatable bonds is 8. The van der Waals surface area contributed by atoms with E-state index in [0.29, 0.717) is 19.6 Å².